The molecule has 0 bridgehead atoms. The van der Waals surface area contributed by atoms with Crippen LogP contribution in [0.2, 0.25) is 5.02 Å². The monoisotopic (exact) mass is 453 g/mol. The van der Waals surface area contributed by atoms with E-state index in [1.165, 1.54) is 6.20 Å². The number of morpholine rings is 1. The second-order valence-electron chi connectivity index (χ2n) is 6.99. The summed E-state index contributed by atoms with van der Waals surface area (Å²) in [6.45, 7) is 9.06. The van der Waals surface area contributed by atoms with Crippen molar-refractivity contribution < 1.29 is 14.2 Å². The van der Waals surface area contributed by atoms with Gasteiger partial charge >= 0.3 is 0 Å². The van der Waals surface area contributed by atoms with Gasteiger partial charge in [0.15, 0.2) is 11.5 Å². The van der Waals surface area contributed by atoms with Crippen molar-refractivity contribution in [3.8, 4) is 17.6 Å². The second-order valence-corrected chi connectivity index (χ2v) is 7.37. The molecule has 0 amide bonds. The van der Waals surface area contributed by atoms with Crippen LogP contribution in [0.15, 0.2) is 48.7 Å². The van der Waals surface area contributed by atoms with Crippen LogP contribution in [0.25, 0.3) is 10.9 Å². The highest BCUT2D eigenvalue weighted by molar-refractivity contribution is 6.36. The Hall–Kier alpha value is -2.85. The second kappa shape index (κ2) is 12.3. The van der Waals surface area contributed by atoms with E-state index < -0.39 is 0 Å². The van der Waals surface area contributed by atoms with Crippen LogP contribution >= 0.6 is 11.6 Å². The lowest BCUT2D eigenvalue weighted by molar-refractivity contribution is 0.0320. The maximum atomic E-state index is 9.25. The van der Waals surface area contributed by atoms with Gasteiger partial charge in [-0.25, -0.2) is 0 Å². The number of aromatic nitrogens is 1. The van der Waals surface area contributed by atoms with Crippen molar-refractivity contribution in [1.82, 2.24) is 9.88 Å². The van der Waals surface area contributed by atoms with Crippen molar-refractivity contribution in [2.75, 3.05) is 39.5 Å². The molecule has 1 aliphatic heterocycles. The van der Waals surface area contributed by atoms with Gasteiger partial charge < -0.3 is 14.2 Å². The molecule has 0 unspecified atom stereocenters. The van der Waals surface area contributed by atoms with E-state index in [1.54, 1.807) is 6.07 Å². The minimum Gasteiger partial charge on any atom is -0.488 e. The zero-order valence-corrected chi connectivity index (χ0v) is 19.3. The maximum absolute atomic E-state index is 9.25. The molecule has 7 heteroatoms. The summed E-state index contributed by atoms with van der Waals surface area (Å²) in [6.07, 6.45) is 1.48. The quantitative estimate of drug-likeness (QED) is 0.497. The molecule has 0 aliphatic carbocycles. The number of nitriles is 1. The first-order valence-corrected chi connectivity index (χ1v) is 11.2. The van der Waals surface area contributed by atoms with E-state index in [2.05, 4.69) is 16.0 Å². The Bertz CT molecular complexity index is 1050. The van der Waals surface area contributed by atoms with E-state index in [-0.39, 0.29) is 0 Å². The normalized spacial score (nSPS) is 13.7. The highest BCUT2D eigenvalue weighted by Gasteiger charge is 2.15. The fourth-order valence-electron chi connectivity index (χ4n) is 3.32. The zero-order valence-electron chi connectivity index (χ0n) is 18.5. The van der Waals surface area contributed by atoms with Gasteiger partial charge in [-0.1, -0.05) is 55.8 Å². The van der Waals surface area contributed by atoms with Crippen molar-refractivity contribution in [3.63, 3.8) is 0 Å². The van der Waals surface area contributed by atoms with Crippen LogP contribution in [-0.2, 0) is 11.3 Å². The molecule has 1 saturated heterocycles. The Balaban J connectivity index is 0.00000141. The van der Waals surface area contributed by atoms with Crippen LogP contribution in [0.5, 0.6) is 11.5 Å². The average Bonchev–Trinajstić information content (AvgIpc) is 2.86. The van der Waals surface area contributed by atoms with E-state index in [4.69, 9.17) is 25.8 Å². The first kappa shape index (κ1) is 23.8. The molecule has 4 rings (SSSR count). The summed E-state index contributed by atoms with van der Waals surface area (Å²) in [7, 11) is 0. The summed E-state index contributed by atoms with van der Waals surface area (Å²) in [6, 6.07) is 15.6. The van der Waals surface area contributed by atoms with Gasteiger partial charge in [-0.15, -0.1) is 0 Å². The lowest BCUT2D eigenvalue weighted by Gasteiger charge is -2.26. The van der Waals surface area contributed by atoms with Gasteiger partial charge in [-0.2, -0.15) is 5.26 Å². The molecule has 2 aromatic carbocycles. The highest BCUT2D eigenvalue weighted by Crippen LogP contribution is 2.36. The Labute approximate surface area is 194 Å². The first-order valence-electron chi connectivity index (χ1n) is 10.9. The lowest BCUT2D eigenvalue weighted by Crippen LogP contribution is -2.38. The van der Waals surface area contributed by atoms with Crippen molar-refractivity contribution in [1.29, 1.82) is 5.26 Å². The predicted molar refractivity (Wildman–Crippen MR) is 126 cm³/mol. The van der Waals surface area contributed by atoms with Gasteiger partial charge in [0, 0.05) is 37.3 Å². The smallest absolute Gasteiger partial charge is 0.163 e. The molecule has 0 atom stereocenters. The van der Waals surface area contributed by atoms with Crippen molar-refractivity contribution in [3.05, 3.63) is 64.8 Å². The van der Waals surface area contributed by atoms with E-state index in [0.29, 0.717) is 46.2 Å². The largest absolute Gasteiger partial charge is 0.488 e. The maximum Gasteiger partial charge on any atom is 0.163 e. The summed E-state index contributed by atoms with van der Waals surface area (Å²) < 4.78 is 17.5. The molecule has 0 spiro atoms. The van der Waals surface area contributed by atoms with E-state index in [0.717, 1.165) is 38.4 Å². The fourth-order valence-corrected chi connectivity index (χ4v) is 3.56. The first-order chi connectivity index (χ1) is 15.7. The van der Waals surface area contributed by atoms with Crippen LogP contribution in [0.1, 0.15) is 25.0 Å². The van der Waals surface area contributed by atoms with Gasteiger partial charge in [0.25, 0.3) is 0 Å². The fraction of sp³-hybridized carbons (Fsp3) is 0.360. The standard InChI is InChI=1S/C23H22ClN3O3.C2H6/c24-23-18(14-25)15-26-20-13-22(29-11-8-27-6-9-28-10-7-27)21(12-19(20)23)30-16-17-4-2-1-3-5-17;1-2/h1-5,12-13,15H,6-11,16H2;1-2H3. The third-order valence-electron chi connectivity index (χ3n) is 4.99. The molecule has 0 radical (unpaired) electrons. The topological polar surface area (TPSA) is 67.6 Å². The molecule has 0 N–H and O–H groups in total. The van der Waals surface area contributed by atoms with E-state index in [9.17, 15) is 5.26 Å². The van der Waals surface area contributed by atoms with E-state index in [1.807, 2.05) is 50.2 Å². The summed E-state index contributed by atoms with van der Waals surface area (Å²) in [5.74, 6) is 1.19. The summed E-state index contributed by atoms with van der Waals surface area (Å²) >= 11 is 6.41. The highest BCUT2D eigenvalue weighted by atomic mass is 35.5. The number of ether oxygens (including phenoxy) is 3. The molecule has 2 heterocycles. The SMILES string of the molecule is CC.N#Cc1cnc2cc(OCCN3CCOCC3)c(OCc3ccccc3)cc2c1Cl. The number of rotatable bonds is 7. The van der Waals surface area contributed by atoms with Gasteiger partial charge in [-0.05, 0) is 11.6 Å². The summed E-state index contributed by atoms with van der Waals surface area (Å²) in [5, 5.41) is 10.3. The van der Waals surface area contributed by atoms with Crippen molar-refractivity contribution >= 4 is 22.5 Å². The van der Waals surface area contributed by atoms with Gasteiger partial charge in [-0.3, -0.25) is 9.88 Å². The third-order valence-corrected chi connectivity index (χ3v) is 5.40. The van der Waals surface area contributed by atoms with Crippen molar-refractivity contribution in [2.24, 2.45) is 0 Å². The van der Waals surface area contributed by atoms with Crippen LogP contribution in [0, 0.1) is 11.3 Å². The molecule has 1 aliphatic rings. The molecule has 6 nitrogen and oxygen atoms in total. The average molecular weight is 454 g/mol. The molecular weight excluding hydrogens is 426 g/mol. The number of nitrogens with zero attached hydrogens (tertiary/aromatic N) is 3. The van der Waals surface area contributed by atoms with E-state index >= 15 is 0 Å². The number of fused-ring (bicyclic) bond motifs is 1. The van der Waals surface area contributed by atoms with Gasteiger partial charge in [0.05, 0.1) is 29.3 Å². The molecule has 168 valence electrons. The predicted octanol–water partition coefficient (Wildman–Crippen LogP) is 5.08. The molecule has 0 saturated carbocycles. The van der Waals surface area contributed by atoms with Gasteiger partial charge in [0.1, 0.15) is 19.3 Å². The lowest BCUT2D eigenvalue weighted by atomic mass is 10.1. The summed E-state index contributed by atoms with van der Waals surface area (Å²) in [4.78, 5) is 6.67. The molecular formula is C25H28ClN3O3. The Morgan fingerprint density at radius 3 is 2.53 bits per heavy atom. The molecule has 1 aromatic heterocycles. The molecule has 32 heavy (non-hydrogen) atoms. The zero-order chi connectivity index (χ0) is 22.8. The van der Waals surface area contributed by atoms with Crippen molar-refractivity contribution in [2.45, 2.75) is 20.5 Å². The number of benzene rings is 2. The Kier molecular flexibility index (Phi) is 9.12. The number of hydrogen-bond acceptors (Lipinski definition) is 6. The minimum absolute atomic E-state index is 0.333. The number of pyridine rings is 1. The third kappa shape index (κ3) is 6.10. The number of halogens is 1. The van der Waals surface area contributed by atoms with Crippen LogP contribution in [0.4, 0.5) is 0 Å². The van der Waals surface area contributed by atoms with Gasteiger partial charge in [0.2, 0.25) is 0 Å². The Morgan fingerprint density at radius 1 is 1.09 bits per heavy atom. The number of hydrogen-bond donors (Lipinski definition) is 0. The van der Waals surface area contributed by atoms with Crippen LogP contribution in [-0.4, -0.2) is 49.3 Å². The van der Waals surface area contributed by atoms with Crippen LogP contribution in [0.3, 0.4) is 0 Å². The molecule has 1 fully saturated rings. The minimum atomic E-state index is 0.333. The van der Waals surface area contributed by atoms with Crippen LogP contribution < -0.4 is 9.47 Å². The molecule has 3 aromatic rings. The Morgan fingerprint density at radius 2 is 1.81 bits per heavy atom. The summed E-state index contributed by atoms with van der Waals surface area (Å²) in [5.41, 5.74) is 2.04.